The lowest BCUT2D eigenvalue weighted by Crippen LogP contribution is -2.18. The molecule has 3 rings (SSSR count). The molecule has 4 nitrogen and oxygen atoms in total. The predicted octanol–water partition coefficient (Wildman–Crippen LogP) is 4.61. The zero-order valence-corrected chi connectivity index (χ0v) is 16.2. The summed E-state index contributed by atoms with van der Waals surface area (Å²) in [5.74, 6) is 0.821. The third-order valence-electron chi connectivity index (χ3n) is 4.77. The minimum Gasteiger partial charge on any atom is -0.489 e. The number of nitrogens with zero attached hydrogens (tertiary/aromatic N) is 1. The number of nitrogens with one attached hydrogen (secondary N) is 1. The van der Waals surface area contributed by atoms with Gasteiger partial charge in [-0.25, -0.2) is 0 Å². The Hall–Kier alpha value is -3.14. The first-order chi connectivity index (χ1) is 13.0. The monoisotopic (exact) mass is 360 g/mol. The molecule has 1 N–H and O–H groups in total. The number of hydrogen-bond donors (Lipinski definition) is 1. The molecular weight excluding hydrogens is 336 g/mol. The Bertz CT molecular complexity index is 980. The van der Waals surface area contributed by atoms with Crippen LogP contribution in [0.1, 0.15) is 32.6 Å². The molecule has 0 radical (unpaired) electrons. The minimum atomic E-state index is -0.0808. The second kappa shape index (κ2) is 8.04. The molecule has 0 bridgehead atoms. The maximum atomic E-state index is 11.9. The van der Waals surface area contributed by atoms with Crippen molar-refractivity contribution in [3.8, 4) is 17.0 Å². The first-order valence-corrected chi connectivity index (χ1v) is 8.96. The van der Waals surface area contributed by atoms with Gasteiger partial charge in [0.15, 0.2) is 0 Å². The summed E-state index contributed by atoms with van der Waals surface area (Å²) in [5.41, 5.74) is 6.87. The molecule has 4 heteroatoms. The number of aryl methyl sites for hydroxylation is 2. The highest BCUT2D eigenvalue weighted by molar-refractivity contribution is 5.96. The number of carbonyl (C=O) groups is 1. The second-order valence-electron chi connectivity index (χ2n) is 6.64. The molecule has 0 aliphatic heterocycles. The van der Waals surface area contributed by atoms with Gasteiger partial charge < -0.3 is 10.1 Å². The van der Waals surface area contributed by atoms with Gasteiger partial charge in [0.25, 0.3) is 5.91 Å². The van der Waals surface area contributed by atoms with Gasteiger partial charge in [-0.05, 0) is 73.4 Å². The molecule has 138 valence electrons. The van der Waals surface area contributed by atoms with E-state index in [2.05, 4.69) is 30.2 Å². The van der Waals surface area contributed by atoms with Gasteiger partial charge in [0.05, 0.1) is 5.69 Å². The Balaban J connectivity index is 1.80. The zero-order valence-electron chi connectivity index (χ0n) is 16.2. The van der Waals surface area contributed by atoms with E-state index in [1.807, 2.05) is 49.4 Å². The molecule has 0 atom stereocenters. The van der Waals surface area contributed by atoms with Crippen molar-refractivity contribution in [1.29, 1.82) is 0 Å². The normalized spacial score (nSPS) is 10.5. The number of rotatable bonds is 5. The van der Waals surface area contributed by atoms with E-state index in [9.17, 15) is 4.79 Å². The van der Waals surface area contributed by atoms with Crippen LogP contribution in [0.4, 0.5) is 0 Å². The van der Waals surface area contributed by atoms with Crippen molar-refractivity contribution < 1.29 is 9.53 Å². The lowest BCUT2D eigenvalue weighted by atomic mass is 10.0. The van der Waals surface area contributed by atoms with E-state index >= 15 is 0 Å². The van der Waals surface area contributed by atoms with Crippen LogP contribution >= 0.6 is 0 Å². The van der Waals surface area contributed by atoms with Gasteiger partial charge in [0.1, 0.15) is 12.4 Å². The highest BCUT2D eigenvalue weighted by Gasteiger charge is 2.10. The summed E-state index contributed by atoms with van der Waals surface area (Å²) in [6.07, 6.45) is 1.79. The molecule has 2 aromatic carbocycles. The molecule has 0 unspecified atom stereocenters. The van der Waals surface area contributed by atoms with Crippen molar-refractivity contribution in [1.82, 2.24) is 10.3 Å². The van der Waals surface area contributed by atoms with Crippen molar-refractivity contribution in [2.75, 3.05) is 7.05 Å². The molecule has 0 fully saturated rings. The molecule has 0 saturated carbocycles. The smallest absolute Gasteiger partial charge is 0.251 e. The van der Waals surface area contributed by atoms with E-state index in [1.54, 1.807) is 13.2 Å². The number of carbonyl (C=O) groups excluding carboxylic acids is 1. The van der Waals surface area contributed by atoms with Crippen molar-refractivity contribution in [2.24, 2.45) is 0 Å². The van der Waals surface area contributed by atoms with Gasteiger partial charge in [0, 0.05) is 24.4 Å². The molecule has 27 heavy (non-hydrogen) atoms. The Morgan fingerprint density at radius 2 is 1.85 bits per heavy atom. The largest absolute Gasteiger partial charge is 0.489 e. The number of hydrogen-bond acceptors (Lipinski definition) is 3. The highest BCUT2D eigenvalue weighted by atomic mass is 16.5. The number of benzene rings is 2. The van der Waals surface area contributed by atoms with Gasteiger partial charge in [-0.15, -0.1) is 0 Å². The molecule has 1 aromatic heterocycles. The quantitative estimate of drug-likeness (QED) is 0.723. The average molecular weight is 360 g/mol. The molecule has 0 aliphatic rings. The van der Waals surface area contributed by atoms with Crippen LogP contribution in [0.5, 0.6) is 5.75 Å². The number of pyridine rings is 1. The van der Waals surface area contributed by atoms with Gasteiger partial charge >= 0.3 is 0 Å². The fourth-order valence-electron chi connectivity index (χ4n) is 2.98. The molecule has 1 heterocycles. The maximum absolute atomic E-state index is 11.9. The fraction of sp³-hybridized carbons (Fsp3) is 0.217. The lowest BCUT2D eigenvalue weighted by Gasteiger charge is -2.12. The number of amides is 1. The topological polar surface area (TPSA) is 51.2 Å². The summed E-state index contributed by atoms with van der Waals surface area (Å²) in [5, 5.41) is 2.66. The SMILES string of the molecule is CNC(=O)c1ccc(-c2cc(COc3cccc(C)c3C)ccn2)cc1C. The van der Waals surface area contributed by atoms with Crippen molar-refractivity contribution in [3.05, 3.63) is 82.5 Å². The molecular formula is C23H24N2O2. The average Bonchev–Trinajstić information content (AvgIpc) is 2.68. The van der Waals surface area contributed by atoms with Crippen LogP contribution in [0.25, 0.3) is 11.3 Å². The third kappa shape index (κ3) is 4.17. The van der Waals surface area contributed by atoms with Gasteiger partial charge in [-0.1, -0.05) is 18.2 Å². The van der Waals surface area contributed by atoms with Crippen molar-refractivity contribution >= 4 is 5.91 Å². The first kappa shape index (κ1) is 18.6. The summed E-state index contributed by atoms with van der Waals surface area (Å²) >= 11 is 0. The minimum absolute atomic E-state index is 0.0808. The van der Waals surface area contributed by atoms with E-state index in [4.69, 9.17) is 4.74 Å². The van der Waals surface area contributed by atoms with Gasteiger partial charge in [0.2, 0.25) is 0 Å². The molecule has 0 saturated heterocycles. The van der Waals surface area contributed by atoms with Crippen LogP contribution in [0.2, 0.25) is 0 Å². The summed E-state index contributed by atoms with van der Waals surface area (Å²) in [6, 6.07) is 15.8. The summed E-state index contributed by atoms with van der Waals surface area (Å²) in [4.78, 5) is 16.3. The summed E-state index contributed by atoms with van der Waals surface area (Å²) in [6.45, 7) is 6.56. The van der Waals surface area contributed by atoms with Crippen molar-refractivity contribution in [2.45, 2.75) is 27.4 Å². The van der Waals surface area contributed by atoms with Crippen LogP contribution in [-0.2, 0) is 6.61 Å². The predicted molar refractivity (Wildman–Crippen MR) is 108 cm³/mol. The Morgan fingerprint density at radius 1 is 1.04 bits per heavy atom. The second-order valence-corrected chi connectivity index (χ2v) is 6.64. The Labute approximate surface area is 160 Å². The van der Waals surface area contributed by atoms with Gasteiger partial charge in [-0.2, -0.15) is 0 Å². The van der Waals surface area contributed by atoms with Crippen LogP contribution in [-0.4, -0.2) is 17.9 Å². The molecule has 1 amide bonds. The van der Waals surface area contributed by atoms with Crippen LogP contribution in [0.3, 0.4) is 0 Å². The number of aromatic nitrogens is 1. The first-order valence-electron chi connectivity index (χ1n) is 8.96. The summed E-state index contributed by atoms with van der Waals surface area (Å²) < 4.78 is 6.00. The van der Waals surface area contributed by atoms with Crippen LogP contribution in [0, 0.1) is 20.8 Å². The van der Waals surface area contributed by atoms with Crippen LogP contribution in [0.15, 0.2) is 54.7 Å². The molecule has 0 aliphatic carbocycles. The van der Waals surface area contributed by atoms with Gasteiger partial charge in [-0.3, -0.25) is 9.78 Å². The zero-order chi connectivity index (χ0) is 19.4. The van der Waals surface area contributed by atoms with E-state index in [0.717, 1.165) is 33.7 Å². The van der Waals surface area contributed by atoms with E-state index in [-0.39, 0.29) is 5.91 Å². The van der Waals surface area contributed by atoms with E-state index in [1.165, 1.54) is 5.56 Å². The Morgan fingerprint density at radius 3 is 2.59 bits per heavy atom. The summed E-state index contributed by atoms with van der Waals surface area (Å²) in [7, 11) is 1.64. The van der Waals surface area contributed by atoms with Crippen molar-refractivity contribution in [3.63, 3.8) is 0 Å². The lowest BCUT2D eigenvalue weighted by molar-refractivity contribution is 0.0962. The van der Waals surface area contributed by atoms with Crippen LogP contribution < -0.4 is 10.1 Å². The molecule has 0 spiro atoms. The fourth-order valence-corrected chi connectivity index (χ4v) is 2.98. The standard InChI is InChI=1S/C23H24N2O2/c1-15-6-5-7-22(17(15)3)27-14-18-10-11-25-21(13-18)19-8-9-20(16(2)12-19)23(26)24-4/h5-13H,14H2,1-4H3,(H,24,26). The Kier molecular flexibility index (Phi) is 5.55. The third-order valence-corrected chi connectivity index (χ3v) is 4.77. The molecule has 3 aromatic rings. The van der Waals surface area contributed by atoms with E-state index in [0.29, 0.717) is 12.2 Å². The number of ether oxygens (including phenoxy) is 1. The maximum Gasteiger partial charge on any atom is 0.251 e. The van der Waals surface area contributed by atoms with E-state index < -0.39 is 0 Å². The highest BCUT2D eigenvalue weighted by Crippen LogP contribution is 2.24.